The van der Waals surface area contributed by atoms with E-state index in [-0.39, 0.29) is 29.4 Å². The van der Waals surface area contributed by atoms with Crippen LogP contribution < -0.4 is 4.74 Å². The van der Waals surface area contributed by atoms with Gasteiger partial charge < -0.3 is 4.74 Å². The van der Waals surface area contributed by atoms with E-state index in [1.54, 1.807) is 38.1 Å². The average molecular weight is 296 g/mol. The van der Waals surface area contributed by atoms with Crippen molar-refractivity contribution in [2.24, 2.45) is 5.92 Å². The van der Waals surface area contributed by atoms with Gasteiger partial charge in [-0.05, 0) is 16.8 Å². The number of halogens is 3. The molecular formula is C16H15F3O2. The molecule has 0 heterocycles. The van der Waals surface area contributed by atoms with Gasteiger partial charge in [0.05, 0.1) is 0 Å². The Balaban J connectivity index is 2.46. The first kappa shape index (κ1) is 15.4. The third-order valence-electron chi connectivity index (χ3n) is 3.19. The summed E-state index contributed by atoms with van der Waals surface area (Å²) < 4.78 is 45.0. The zero-order valence-corrected chi connectivity index (χ0v) is 11.7. The number of ketones is 1. The predicted octanol–water partition coefficient (Wildman–Crippen LogP) is 4.46. The molecule has 0 aliphatic carbocycles. The van der Waals surface area contributed by atoms with Crippen LogP contribution in [0.4, 0.5) is 13.2 Å². The number of benzene rings is 2. The monoisotopic (exact) mass is 296 g/mol. The number of carbonyl (C=O) groups is 1. The molecule has 0 radical (unpaired) electrons. The Morgan fingerprint density at radius 1 is 1.14 bits per heavy atom. The third-order valence-corrected chi connectivity index (χ3v) is 3.19. The van der Waals surface area contributed by atoms with Crippen LogP contribution in [0.25, 0.3) is 10.8 Å². The van der Waals surface area contributed by atoms with E-state index in [1.807, 2.05) is 0 Å². The Morgan fingerprint density at radius 3 is 2.43 bits per heavy atom. The lowest BCUT2D eigenvalue weighted by Gasteiger charge is -2.16. The number of Topliss-reactive ketones (excluding diaryl/α,β-unsaturated/α-hetero) is 1. The van der Waals surface area contributed by atoms with E-state index in [1.165, 1.54) is 12.1 Å². The van der Waals surface area contributed by atoms with Crippen molar-refractivity contribution in [3.05, 3.63) is 42.0 Å². The van der Waals surface area contributed by atoms with Gasteiger partial charge in [-0.3, -0.25) is 4.79 Å². The quantitative estimate of drug-likeness (QED) is 0.832. The summed E-state index contributed by atoms with van der Waals surface area (Å²) in [4.78, 5) is 11.5. The number of hydrogen-bond acceptors (Lipinski definition) is 2. The van der Waals surface area contributed by atoms with Crippen LogP contribution in [0.3, 0.4) is 0 Å². The van der Waals surface area contributed by atoms with Gasteiger partial charge >= 0.3 is 6.18 Å². The van der Waals surface area contributed by atoms with E-state index in [2.05, 4.69) is 0 Å². The van der Waals surface area contributed by atoms with Crippen LogP contribution >= 0.6 is 0 Å². The van der Waals surface area contributed by atoms with Crippen LogP contribution in [0.2, 0.25) is 0 Å². The van der Waals surface area contributed by atoms with Crippen molar-refractivity contribution in [2.75, 3.05) is 6.61 Å². The van der Waals surface area contributed by atoms with Crippen molar-refractivity contribution in [2.45, 2.75) is 20.0 Å². The minimum Gasteiger partial charge on any atom is -0.485 e. The third kappa shape index (κ3) is 3.35. The lowest BCUT2D eigenvalue weighted by Crippen LogP contribution is -2.18. The van der Waals surface area contributed by atoms with Gasteiger partial charge in [-0.25, -0.2) is 0 Å². The molecule has 2 aromatic carbocycles. The number of hydrogen-bond donors (Lipinski definition) is 0. The molecule has 0 N–H and O–H groups in total. The predicted molar refractivity (Wildman–Crippen MR) is 74.3 cm³/mol. The van der Waals surface area contributed by atoms with Gasteiger partial charge in [-0.2, -0.15) is 13.2 Å². The Morgan fingerprint density at radius 2 is 1.81 bits per heavy atom. The lowest BCUT2D eigenvalue weighted by atomic mass is 10.0. The first-order valence-corrected chi connectivity index (χ1v) is 6.55. The molecule has 0 unspecified atom stereocenters. The zero-order valence-electron chi connectivity index (χ0n) is 11.7. The molecule has 0 saturated heterocycles. The fourth-order valence-corrected chi connectivity index (χ4v) is 1.98. The van der Waals surface area contributed by atoms with Gasteiger partial charge in [0, 0.05) is 5.92 Å². The molecule has 2 nitrogen and oxygen atoms in total. The highest BCUT2D eigenvalue weighted by Crippen LogP contribution is 2.41. The first-order chi connectivity index (χ1) is 9.80. The van der Waals surface area contributed by atoms with E-state index in [4.69, 9.17) is 4.74 Å². The van der Waals surface area contributed by atoms with E-state index in [9.17, 15) is 18.0 Å². The second kappa shape index (κ2) is 5.76. The maximum atomic E-state index is 13.3. The van der Waals surface area contributed by atoms with Gasteiger partial charge in [0.1, 0.15) is 17.9 Å². The normalized spacial score (nSPS) is 11.9. The van der Waals surface area contributed by atoms with E-state index >= 15 is 0 Å². The maximum absolute atomic E-state index is 13.3. The van der Waals surface area contributed by atoms with Crippen LogP contribution in [-0.4, -0.2) is 12.4 Å². The van der Waals surface area contributed by atoms with Crippen LogP contribution in [0, 0.1) is 5.92 Å². The molecule has 0 atom stereocenters. The number of carbonyl (C=O) groups excluding carboxylic acids is 1. The summed E-state index contributed by atoms with van der Waals surface area (Å²) in [6.07, 6.45) is -4.54. The summed E-state index contributed by atoms with van der Waals surface area (Å²) in [6.45, 7) is 2.99. The van der Waals surface area contributed by atoms with Crippen molar-refractivity contribution in [3.63, 3.8) is 0 Å². The summed E-state index contributed by atoms with van der Waals surface area (Å²) in [5, 5.41) is 0.548. The minimum absolute atomic E-state index is 0.0690. The number of rotatable bonds is 4. The Kier molecular flexibility index (Phi) is 4.21. The summed E-state index contributed by atoms with van der Waals surface area (Å²) in [6, 6.07) is 9.04. The molecule has 21 heavy (non-hydrogen) atoms. The molecule has 112 valence electrons. The molecule has 0 aromatic heterocycles. The van der Waals surface area contributed by atoms with Gasteiger partial charge in [0.15, 0.2) is 5.78 Å². The summed E-state index contributed by atoms with van der Waals surface area (Å²) in [5.74, 6) is -0.828. The van der Waals surface area contributed by atoms with Crippen molar-refractivity contribution < 1.29 is 22.7 Å². The Bertz CT molecular complexity index is 660. The minimum atomic E-state index is -4.54. The van der Waals surface area contributed by atoms with Gasteiger partial charge in [-0.1, -0.05) is 44.2 Å². The summed E-state index contributed by atoms with van der Waals surface area (Å²) >= 11 is 0. The molecule has 0 saturated carbocycles. The molecule has 0 amide bonds. The van der Waals surface area contributed by atoms with Crippen LogP contribution in [0.1, 0.15) is 19.4 Å². The van der Waals surface area contributed by atoms with Crippen molar-refractivity contribution in [1.29, 1.82) is 0 Å². The van der Waals surface area contributed by atoms with Crippen molar-refractivity contribution in [1.82, 2.24) is 0 Å². The highest BCUT2D eigenvalue weighted by molar-refractivity contribution is 5.88. The van der Waals surface area contributed by atoms with Crippen molar-refractivity contribution in [3.8, 4) is 5.75 Å². The highest BCUT2D eigenvalue weighted by Gasteiger charge is 2.36. The smallest absolute Gasteiger partial charge is 0.420 e. The Labute approximate surface area is 120 Å². The molecule has 0 spiro atoms. The molecular weight excluding hydrogens is 281 g/mol. The van der Waals surface area contributed by atoms with Crippen molar-refractivity contribution >= 4 is 16.6 Å². The molecule has 2 aromatic rings. The number of ether oxygens (including phenoxy) is 1. The first-order valence-electron chi connectivity index (χ1n) is 6.55. The van der Waals surface area contributed by atoms with E-state index in [0.717, 1.165) is 0 Å². The second-order valence-corrected chi connectivity index (χ2v) is 5.07. The lowest BCUT2D eigenvalue weighted by molar-refractivity contribution is -0.138. The summed E-state index contributed by atoms with van der Waals surface area (Å²) in [5.41, 5.74) is -0.836. The topological polar surface area (TPSA) is 26.3 Å². The van der Waals surface area contributed by atoms with E-state index in [0.29, 0.717) is 5.39 Å². The molecule has 0 aliphatic rings. The number of fused-ring (bicyclic) bond motifs is 1. The largest absolute Gasteiger partial charge is 0.485 e. The fraction of sp³-hybridized carbons (Fsp3) is 0.312. The van der Waals surface area contributed by atoms with Gasteiger partial charge in [0.2, 0.25) is 0 Å². The highest BCUT2D eigenvalue weighted by atomic mass is 19.4. The zero-order chi connectivity index (χ0) is 15.6. The molecule has 0 fully saturated rings. The Hall–Kier alpha value is -2.04. The van der Waals surface area contributed by atoms with Crippen LogP contribution in [0.5, 0.6) is 5.75 Å². The van der Waals surface area contributed by atoms with Crippen LogP contribution in [0.15, 0.2) is 36.4 Å². The molecule has 2 rings (SSSR count). The average Bonchev–Trinajstić information content (AvgIpc) is 2.42. The molecule has 0 bridgehead atoms. The van der Waals surface area contributed by atoms with Gasteiger partial charge in [-0.15, -0.1) is 0 Å². The van der Waals surface area contributed by atoms with Gasteiger partial charge in [0.25, 0.3) is 0 Å². The fourth-order valence-electron chi connectivity index (χ4n) is 1.98. The molecule has 5 heteroatoms. The summed E-state index contributed by atoms with van der Waals surface area (Å²) in [7, 11) is 0. The second-order valence-electron chi connectivity index (χ2n) is 5.07. The van der Waals surface area contributed by atoms with E-state index < -0.39 is 11.7 Å². The van der Waals surface area contributed by atoms with Crippen LogP contribution in [-0.2, 0) is 11.0 Å². The standard InChI is InChI=1S/C16H15F3O2/c1-10(2)13(20)9-21-14-8-7-11-5-3-4-6-12(11)15(14)16(17,18)19/h3-8,10H,9H2,1-2H3. The maximum Gasteiger partial charge on any atom is 0.420 e. The number of alkyl halides is 3. The molecule has 0 aliphatic heterocycles. The SMILES string of the molecule is CC(C)C(=O)COc1ccc2ccccc2c1C(F)(F)F.